The first kappa shape index (κ1) is 23.4. The number of nitrogens with two attached hydrogens (primary N) is 1. The summed E-state index contributed by atoms with van der Waals surface area (Å²) in [5.41, 5.74) is 8.94. The van der Waals surface area contributed by atoms with Gasteiger partial charge in [-0.1, -0.05) is 39.0 Å². The van der Waals surface area contributed by atoms with Crippen LogP contribution in [0, 0.1) is 6.92 Å². The lowest BCUT2D eigenvalue weighted by Crippen LogP contribution is -2.51. The molecule has 0 saturated carbocycles. The number of anilines is 2. The molecule has 1 aromatic carbocycles. The van der Waals surface area contributed by atoms with Crippen molar-refractivity contribution in [1.29, 1.82) is 0 Å². The van der Waals surface area contributed by atoms with E-state index in [1.165, 1.54) is 0 Å². The number of carbonyl (C=O) groups excluding carboxylic acids is 1. The fourth-order valence-electron chi connectivity index (χ4n) is 3.29. The second kappa shape index (κ2) is 10.3. The van der Waals surface area contributed by atoms with Crippen LogP contribution in [0.4, 0.5) is 11.8 Å². The summed E-state index contributed by atoms with van der Waals surface area (Å²) in [5.74, 6) is 0.888. The van der Waals surface area contributed by atoms with E-state index in [0.717, 1.165) is 16.8 Å². The quantitative estimate of drug-likeness (QED) is 0.541. The number of hydrogen-bond donors (Lipinski definition) is 3. The van der Waals surface area contributed by atoms with E-state index in [9.17, 15) is 9.90 Å². The highest BCUT2D eigenvalue weighted by atomic mass is 16.3. The van der Waals surface area contributed by atoms with Crippen LogP contribution in [0.2, 0.25) is 0 Å². The molecule has 170 valence electrons. The van der Waals surface area contributed by atoms with Crippen LogP contribution in [0.1, 0.15) is 32.8 Å². The van der Waals surface area contributed by atoms with Gasteiger partial charge in [-0.3, -0.25) is 4.79 Å². The van der Waals surface area contributed by atoms with Crippen molar-refractivity contribution in [2.45, 2.75) is 46.3 Å². The number of benzene rings is 1. The van der Waals surface area contributed by atoms with E-state index >= 15 is 0 Å². The minimum absolute atomic E-state index is 0.257. The van der Waals surface area contributed by atoms with Crippen molar-refractivity contribution in [3.8, 4) is 16.9 Å². The molecule has 3 aromatic rings. The number of aliphatic hydroxyl groups is 1. The Morgan fingerprint density at radius 3 is 2.41 bits per heavy atom. The van der Waals surface area contributed by atoms with Crippen LogP contribution < -0.4 is 16.0 Å². The van der Waals surface area contributed by atoms with Gasteiger partial charge in [-0.25, -0.2) is 14.6 Å². The highest BCUT2D eigenvalue weighted by Gasteiger charge is 2.27. The van der Waals surface area contributed by atoms with Gasteiger partial charge in [0.1, 0.15) is 11.5 Å². The summed E-state index contributed by atoms with van der Waals surface area (Å²) in [6.45, 7) is 8.84. The zero-order valence-corrected chi connectivity index (χ0v) is 19.0. The molecule has 0 radical (unpaired) electrons. The van der Waals surface area contributed by atoms with Crippen LogP contribution in [-0.2, 0) is 4.79 Å². The van der Waals surface area contributed by atoms with Gasteiger partial charge in [-0.05, 0) is 25.5 Å². The minimum atomic E-state index is -0.596. The van der Waals surface area contributed by atoms with Gasteiger partial charge >= 0.3 is 0 Å². The Kier molecular flexibility index (Phi) is 7.55. The second-order valence-electron chi connectivity index (χ2n) is 7.40. The third-order valence-electron chi connectivity index (χ3n) is 5.20. The molecule has 1 unspecified atom stereocenters. The van der Waals surface area contributed by atoms with Crippen molar-refractivity contribution in [3.05, 3.63) is 48.3 Å². The molecule has 9 heteroatoms. The van der Waals surface area contributed by atoms with Crippen molar-refractivity contribution in [3.63, 3.8) is 0 Å². The van der Waals surface area contributed by atoms with Gasteiger partial charge in [-0.2, -0.15) is 5.10 Å². The average Bonchev–Trinajstić information content (AvgIpc) is 3.14. The van der Waals surface area contributed by atoms with Crippen LogP contribution in [0.15, 0.2) is 42.7 Å². The molecule has 0 spiro atoms. The highest BCUT2D eigenvalue weighted by molar-refractivity contribution is 5.95. The summed E-state index contributed by atoms with van der Waals surface area (Å²) >= 11 is 0. The Hall–Kier alpha value is -3.30. The van der Waals surface area contributed by atoms with Crippen LogP contribution in [0.5, 0.6) is 0 Å². The molecule has 9 nitrogen and oxygen atoms in total. The van der Waals surface area contributed by atoms with Crippen LogP contribution in [0.3, 0.4) is 0 Å². The Morgan fingerprint density at radius 2 is 1.84 bits per heavy atom. The minimum Gasteiger partial charge on any atom is -0.389 e. The average molecular weight is 438 g/mol. The molecule has 3 heterocycles. The summed E-state index contributed by atoms with van der Waals surface area (Å²) in [7, 11) is 0. The molecule has 1 saturated heterocycles. The predicted molar refractivity (Wildman–Crippen MR) is 126 cm³/mol. The molecule has 1 fully saturated rings. The molecule has 0 bridgehead atoms. The third kappa shape index (κ3) is 4.79. The number of amides is 1. The normalized spacial score (nSPS) is 14.2. The first-order valence-electron chi connectivity index (χ1n) is 10.9. The van der Waals surface area contributed by atoms with Crippen molar-refractivity contribution in [2.24, 2.45) is 5.73 Å². The van der Waals surface area contributed by atoms with Gasteiger partial charge in [-0.15, -0.1) is 0 Å². The summed E-state index contributed by atoms with van der Waals surface area (Å²) in [4.78, 5) is 23.2. The molecule has 32 heavy (non-hydrogen) atoms. The molecule has 4 rings (SSSR count). The SMILES string of the molecule is CC.CCC(N)C(=O)Nc1c(C)c(-c2cnc(N3CC(O)C3)nc2)nn1-c1ccccc1. The maximum absolute atomic E-state index is 12.5. The number of carbonyl (C=O) groups is 1. The smallest absolute Gasteiger partial charge is 0.242 e. The summed E-state index contributed by atoms with van der Waals surface area (Å²) in [6.07, 6.45) is 3.64. The van der Waals surface area contributed by atoms with Crippen molar-refractivity contribution < 1.29 is 9.90 Å². The number of β-amino-alcohol motifs (C(OH)–C–C–N with tert-alkyl or cyclic N) is 1. The molecule has 4 N–H and O–H groups in total. The van der Waals surface area contributed by atoms with Gasteiger partial charge in [0.2, 0.25) is 11.9 Å². The van der Waals surface area contributed by atoms with E-state index < -0.39 is 6.04 Å². The highest BCUT2D eigenvalue weighted by Crippen LogP contribution is 2.30. The van der Waals surface area contributed by atoms with Gasteiger partial charge in [0.05, 0.1) is 17.8 Å². The molecule has 1 aliphatic heterocycles. The van der Waals surface area contributed by atoms with E-state index in [4.69, 9.17) is 10.8 Å². The predicted octanol–water partition coefficient (Wildman–Crippen LogP) is 2.52. The monoisotopic (exact) mass is 437 g/mol. The molecule has 1 aliphatic rings. The topological polar surface area (TPSA) is 122 Å². The van der Waals surface area contributed by atoms with Gasteiger partial charge < -0.3 is 21.1 Å². The molecular formula is C23H31N7O2. The van der Waals surface area contributed by atoms with Gasteiger partial charge in [0.25, 0.3) is 0 Å². The largest absolute Gasteiger partial charge is 0.389 e. The standard InChI is InChI=1S/C21H25N7O2.C2H6/c1-3-17(22)20(30)25-19-13(2)18(26-28(19)15-7-5-4-6-8-15)14-9-23-21(24-10-14)27-11-16(29)12-27;1-2/h4-10,16-17,29H,3,11-12,22H2,1-2H3,(H,25,30);1-2H3. The zero-order chi connectivity index (χ0) is 23.3. The van der Waals surface area contributed by atoms with Crippen LogP contribution >= 0.6 is 0 Å². The Labute approximate surface area is 188 Å². The van der Waals surface area contributed by atoms with E-state index in [1.807, 2.05) is 62.9 Å². The second-order valence-corrected chi connectivity index (χ2v) is 7.40. The maximum Gasteiger partial charge on any atom is 0.242 e. The van der Waals surface area contributed by atoms with E-state index in [0.29, 0.717) is 37.0 Å². The summed E-state index contributed by atoms with van der Waals surface area (Å²) in [5, 5.41) is 17.1. The fourth-order valence-corrected chi connectivity index (χ4v) is 3.29. The molecule has 1 atom stereocenters. The first-order chi connectivity index (χ1) is 15.5. The maximum atomic E-state index is 12.5. The van der Waals surface area contributed by atoms with Crippen molar-refractivity contribution >= 4 is 17.7 Å². The number of nitrogens with one attached hydrogen (secondary N) is 1. The molecule has 0 aliphatic carbocycles. The van der Waals surface area contributed by atoms with Crippen molar-refractivity contribution in [1.82, 2.24) is 19.7 Å². The first-order valence-corrected chi connectivity index (χ1v) is 10.9. The lowest BCUT2D eigenvalue weighted by Gasteiger charge is -2.35. The number of aliphatic hydroxyl groups excluding tert-OH is 1. The van der Waals surface area contributed by atoms with Crippen LogP contribution in [0.25, 0.3) is 16.9 Å². The van der Waals surface area contributed by atoms with Gasteiger partial charge in [0.15, 0.2) is 0 Å². The number of rotatable bonds is 6. The van der Waals surface area contributed by atoms with E-state index in [1.54, 1.807) is 17.1 Å². The number of hydrogen-bond acceptors (Lipinski definition) is 7. The molecule has 2 aromatic heterocycles. The van der Waals surface area contributed by atoms with Crippen molar-refractivity contribution in [2.75, 3.05) is 23.3 Å². The fraction of sp³-hybridized carbons (Fsp3) is 0.391. The van der Waals surface area contributed by atoms with Gasteiger partial charge in [0, 0.05) is 36.6 Å². The van der Waals surface area contributed by atoms with E-state index in [2.05, 4.69) is 15.3 Å². The molecule has 1 amide bonds. The number of para-hydroxylation sites is 1. The number of nitrogens with zero attached hydrogens (tertiary/aromatic N) is 5. The number of aromatic nitrogens is 4. The Bertz CT molecular complexity index is 1030. The summed E-state index contributed by atoms with van der Waals surface area (Å²) in [6, 6.07) is 8.98. The third-order valence-corrected chi connectivity index (χ3v) is 5.20. The summed E-state index contributed by atoms with van der Waals surface area (Å²) < 4.78 is 1.70. The lowest BCUT2D eigenvalue weighted by molar-refractivity contribution is -0.117. The van der Waals surface area contributed by atoms with E-state index in [-0.39, 0.29) is 12.0 Å². The zero-order valence-electron chi connectivity index (χ0n) is 19.0. The van der Waals surface area contributed by atoms with Crippen LogP contribution in [-0.4, -0.2) is 56.0 Å². The lowest BCUT2D eigenvalue weighted by atomic mass is 10.1. The Balaban J connectivity index is 0.00000141. The molecular weight excluding hydrogens is 406 g/mol. The Morgan fingerprint density at radius 1 is 1.22 bits per heavy atom.